The lowest BCUT2D eigenvalue weighted by molar-refractivity contribution is -0.175. The summed E-state index contributed by atoms with van der Waals surface area (Å²) in [4.78, 5) is 49.5. The monoisotopic (exact) mass is 747 g/mol. The van der Waals surface area contributed by atoms with Crippen LogP contribution >= 0.6 is 34.8 Å². The van der Waals surface area contributed by atoms with Gasteiger partial charge in [0.1, 0.15) is 27.6 Å². The molecule has 0 spiro atoms. The van der Waals surface area contributed by atoms with Gasteiger partial charge < -0.3 is 16.0 Å². The third-order valence-corrected chi connectivity index (χ3v) is 8.39. The Bertz CT molecular complexity index is 1830. The predicted octanol–water partition coefficient (Wildman–Crippen LogP) is 8.26. The predicted molar refractivity (Wildman–Crippen MR) is 155 cm³/mol. The Morgan fingerprint density at radius 1 is 0.833 bits per heavy atom. The van der Waals surface area contributed by atoms with Gasteiger partial charge in [-0.3, -0.25) is 19.2 Å². The summed E-state index contributed by atoms with van der Waals surface area (Å²) in [5, 5.41) is 5.67. The number of carbonyl (C=O) groups is 4. The zero-order valence-electron chi connectivity index (χ0n) is 23.5. The van der Waals surface area contributed by atoms with Crippen LogP contribution in [0.3, 0.4) is 0 Å². The van der Waals surface area contributed by atoms with Crippen molar-refractivity contribution in [1.82, 2.24) is 0 Å². The van der Waals surface area contributed by atoms with Gasteiger partial charge in [-0.1, -0.05) is 17.7 Å². The SMILES string of the molecule is CC(C(=O)Nc1c(F)ccc(NC(=O)c2cc(NC(=O)[C@H]3[C@H](c4ccc(F)c(C(F)(F)F)c4)C3(Cl)Cl)ccc2Cl)c1F)C(=O)C(F)(F)F. The van der Waals surface area contributed by atoms with Crippen molar-refractivity contribution < 1.29 is 58.7 Å². The number of amides is 3. The zero-order valence-corrected chi connectivity index (χ0v) is 25.8. The molecule has 48 heavy (non-hydrogen) atoms. The first-order valence-corrected chi connectivity index (χ1v) is 14.2. The topological polar surface area (TPSA) is 104 Å². The molecule has 4 rings (SSSR count). The van der Waals surface area contributed by atoms with Gasteiger partial charge in [0, 0.05) is 11.6 Å². The molecule has 3 atom stereocenters. The number of hydrogen-bond donors (Lipinski definition) is 3. The lowest BCUT2D eigenvalue weighted by atomic mass is 10.0. The van der Waals surface area contributed by atoms with Crippen molar-refractivity contribution in [3.05, 3.63) is 87.7 Å². The van der Waals surface area contributed by atoms with E-state index in [1.54, 1.807) is 5.32 Å². The van der Waals surface area contributed by atoms with Gasteiger partial charge in [-0.05, 0) is 55.0 Å². The highest BCUT2D eigenvalue weighted by molar-refractivity contribution is 6.53. The number of ketones is 1. The molecule has 7 nitrogen and oxygen atoms in total. The Balaban J connectivity index is 1.51. The largest absolute Gasteiger partial charge is 0.450 e. The molecule has 1 aliphatic rings. The van der Waals surface area contributed by atoms with Gasteiger partial charge >= 0.3 is 12.4 Å². The summed E-state index contributed by atoms with van der Waals surface area (Å²) in [7, 11) is 0. The van der Waals surface area contributed by atoms with Crippen LogP contribution in [0.1, 0.15) is 34.3 Å². The Kier molecular flexibility index (Phi) is 10.1. The second-order valence-electron chi connectivity index (χ2n) is 10.4. The summed E-state index contributed by atoms with van der Waals surface area (Å²) in [6.45, 7) is 0.566. The molecule has 0 heterocycles. The summed E-state index contributed by atoms with van der Waals surface area (Å²) < 4.78 is 119. The van der Waals surface area contributed by atoms with Crippen molar-refractivity contribution in [2.75, 3.05) is 16.0 Å². The van der Waals surface area contributed by atoms with Crippen LogP contribution in [0, 0.1) is 29.3 Å². The molecule has 1 fully saturated rings. The molecule has 0 radical (unpaired) electrons. The van der Waals surface area contributed by atoms with E-state index in [0.717, 1.165) is 18.2 Å². The Hall–Kier alpha value is -4.02. The lowest BCUT2D eigenvalue weighted by Crippen LogP contribution is -2.36. The number of hydrogen-bond acceptors (Lipinski definition) is 4. The smallest absolute Gasteiger partial charge is 0.326 e. The number of alkyl halides is 8. The van der Waals surface area contributed by atoms with E-state index in [0.29, 0.717) is 31.2 Å². The molecule has 0 saturated heterocycles. The summed E-state index contributed by atoms with van der Waals surface area (Å²) in [5.74, 6) is -15.8. The molecule has 1 aliphatic carbocycles. The van der Waals surface area contributed by atoms with Crippen molar-refractivity contribution >= 4 is 75.4 Å². The average molecular weight is 749 g/mol. The number of nitrogens with one attached hydrogen (secondary N) is 3. The summed E-state index contributed by atoms with van der Waals surface area (Å²) >= 11 is 18.4. The van der Waals surface area contributed by atoms with Crippen LogP contribution in [0.15, 0.2) is 48.5 Å². The van der Waals surface area contributed by atoms with Crippen molar-refractivity contribution in [2.45, 2.75) is 29.5 Å². The first-order chi connectivity index (χ1) is 22.0. The quantitative estimate of drug-likeness (QED) is 0.123. The fraction of sp³-hybridized carbons (Fsp3) is 0.241. The van der Waals surface area contributed by atoms with Gasteiger partial charge in [-0.25, -0.2) is 13.2 Å². The van der Waals surface area contributed by atoms with E-state index in [-0.39, 0.29) is 16.3 Å². The van der Waals surface area contributed by atoms with E-state index in [9.17, 15) is 54.3 Å². The zero-order chi connectivity index (χ0) is 36.1. The lowest BCUT2D eigenvalue weighted by Gasteiger charge is -2.16. The molecule has 3 aromatic rings. The maximum Gasteiger partial charge on any atom is 0.450 e. The van der Waals surface area contributed by atoms with E-state index in [1.807, 2.05) is 5.32 Å². The van der Waals surface area contributed by atoms with Crippen LogP contribution in [0.4, 0.5) is 56.6 Å². The molecule has 19 heteroatoms. The molecule has 3 N–H and O–H groups in total. The van der Waals surface area contributed by atoms with Gasteiger partial charge in [0.05, 0.1) is 27.8 Å². The van der Waals surface area contributed by atoms with Crippen LogP contribution in [-0.4, -0.2) is 34.0 Å². The highest BCUT2D eigenvalue weighted by Gasteiger charge is 2.67. The fourth-order valence-electron chi connectivity index (χ4n) is 4.57. The molecule has 1 unspecified atom stereocenters. The molecule has 1 saturated carbocycles. The highest BCUT2D eigenvalue weighted by atomic mass is 35.5. The molecule has 0 bridgehead atoms. The number of anilines is 3. The number of carbonyl (C=O) groups excluding carboxylic acids is 4. The number of Topliss-reactive ketones (excluding diaryl/α,β-unsaturated/α-hetero) is 1. The van der Waals surface area contributed by atoms with E-state index < -0.39 is 97.9 Å². The Morgan fingerprint density at radius 2 is 1.46 bits per heavy atom. The van der Waals surface area contributed by atoms with Gasteiger partial charge in [0.15, 0.2) is 5.82 Å². The van der Waals surface area contributed by atoms with Crippen LogP contribution in [0.5, 0.6) is 0 Å². The Morgan fingerprint density at radius 3 is 2.06 bits per heavy atom. The van der Waals surface area contributed by atoms with E-state index in [4.69, 9.17) is 34.8 Å². The van der Waals surface area contributed by atoms with Crippen LogP contribution in [0.25, 0.3) is 0 Å². The number of halogens is 12. The van der Waals surface area contributed by atoms with E-state index in [2.05, 4.69) is 5.32 Å². The molecule has 256 valence electrons. The minimum Gasteiger partial charge on any atom is -0.326 e. The molecule has 0 aliphatic heterocycles. The first-order valence-electron chi connectivity index (χ1n) is 13.1. The van der Waals surface area contributed by atoms with Crippen molar-refractivity contribution in [2.24, 2.45) is 11.8 Å². The second kappa shape index (κ2) is 13.1. The Labute approximate surface area is 278 Å². The van der Waals surface area contributed by atoms with E-state index in [1.165, 1.54) is 6.07 Å². The summed E-state index contributed by atoms with van der Waals surface area (Å²) in [5.41, 5.74) is -4.39. The highest BCUT2D eigenvalue weighted by Crippen LogP contribution is 2.65. The minimum absolute atomic E-state index is 0.129. The van der Waals surface area contributed by atoms with Gasteiger partial charge in [-0.15, -0.1) is 23.2 Å². The third kappa shape index (κ3) is 7.50. The molecule has 3 aromatic carbocycles. The first kappa shape index (κ1) is 36.8. The second-order valence-corrected chi connectivity index (χ2v) is 12.2. The van der Waals surface area contributed by atoms with Crippen molar-refractivity contribution in [3.63, 3.8) is 0 Å². The summed E-state index contributed by atoms with van der Waals surface area (Å²) in [6.07, 6.45) is -10.5. The third-order valence-electron chi connectivity index (χ3n) is 7.12. The fourth-order valence-corrected chi connectivity index (χ4v) is 5.60. The summed E-state index contributed by atoms with van der Waals surface area (Å²) in [6, 6.07) is 6.58. The van der Waals surface area contributed by atoms with Gasteiger partial charge in [0.2, 0.25) is 17.6 Å². The molecular weight excluding hydrogens is 732 g/mol. The molecular formula is C29H17Cl3F9N3O4. The number of benzene rings is 3. The minimum atomic E-state index is -5.41. The van der Waals surface area contributed by atoms with Gasteiger partial charge in [-0.2, -0.15) is 26.3 Å². The standard InChI is InChI=1S/C29H17Cl3F9N3O4/c1-10(23(45)29(39,40)41)24(46)44-22-17(34)6-7-18(21(22)35)43-25(47)13-9-12(3-4-15(13)30)42-26(48)20-19(27(20,31)32)11-2-5-16(33)14(8-11)28(36,37)38/h2-10,19-20H,1H3,(H,42,48)(H,43,47)(H,44,46)/t10?,19-,20+/m0/s1. The molecule has 3 amide bonds. The van der Waals surface area contributed by atoms with Crippen molar-refractivity contribution in [1.29, 1.82) is 0 Å². The van der Waals surface area contributed by atoms with Crippen LogP contribution in [-0.2, 0) is 20.6 Å². The maximum atomic E-state index is 15.1. The van der Waals surface area contributed by atoms with E-state index >= 15 is 4.39 Å². The molecule has 0 aromatic heterocycles. The van der Waals surface area contributed by atoms with Gasteiger partial charge in [0.25, 0.3) is 5.91 Å². The van der Waals surface area contributed by atoms with Crippen LogP contribution < -0.4 is 16.0 Å². The normalized spacial score (nSPS) is 17.7. The maximum absolute atomic E-state index is 15.1. The average Bonchev–Trinajstić information content (AvgIpc) is 3.57. The van der Waals surface area contributed by atoms with Crippen molar-refractivity contribution in [3.8, 4) is 0 Å². The number of rotatable bonds is 8. The van der Waals surface area contributed by atoms with Crippen LogP contribution in [0.2, 0.25) is 5.02 Å².